The third-order valence-corrected chi connectivity index (χ3v) is 4.04. The van der Waals surface area contributed by atoms with Gasteiger partial charge in [-0.15, -0.1) is 0 Å². The summed E-state index contributed by atoms with van der Waals surface area (Å²) in [5, 5.41) is 8.58. The average Bonchev–Trinajstić information content (AvgIpc) is 2.19. The summed E-state index contributed by atoms with van der Waals surface area (Å²) in [5.74, 6) is 0. The molecule has 0 aliphatic heterocycles. The Bertz CT molecular complexity index is 267. The first-order chi connectivity index (χ1) is 7.43. The van der Waals surface area contributed by atoms with Crippen molar-refractivity contribution in [2.45, 2.75) is 70.1 Å². The molecule has 0 bridgehead atoms. The van der Waals surface area contributed by atoms with E-state index in [0.29, 0.717) is 12.8 Å². The van der Waals surface area contributed by atoms with E-state index < -0.39 is 21.5 Å². The quantitative estimate of drug-likeness (QED) is 0.337. The molecule has 0 aromatic heterocycles. The Morgan fingerprint density at radius 2 is 1.59 bits per heavy atom. The van der Waals surface area contributed by atoms with Gasteiger partial charge in [0.25, 0.3) is 0 Å². The van der Waals surface area contributed by atoms with Gasteiger partial charge in [0.05, 0.1) is 11.4 Å². The second-order valence-electron chi connectivity index (χ2n) is 4.24. The van der Waals surface area contributed by atoms with Crippen LogP contribution in [0.25, 0.3) is 0 Å². The largest absolute Gasteiger partial charge is 1.00 e. The first-order valence-electron chi connectivity index (χ1n) is 6.06. The summed E-state index contributed by atoms with van der Waals surface area (Å²) in [6.07, 6.45) is 3.87. The van der Waals surface area contributed by atoms with Crippen molar-refractivity contribution in [1.82, 2.24) is 0 Å². The molecule has 1 N–H and O–H groups in total. The third-order valence-electron chi connectivity index (χ3n) is 2.75. The Labute approximate surface area is 148 Å². The molecule has 0 radical (unpaired) electrons. The molecule has 0 aromatic rings. The van der Waals surface area contributed by atoms with Gasteiger partial charge < -0.3 is 9.66 Å². The van der Waals surface area contributed by atoms with Crippen LogP contribution in [0, 0.1) is 0 Å². The fourth-order valence-corrected chi connectivity index (χ4v) is 2.70. The Kier molecular flexibility index (Phi) is 13.9. The molecule has 0 heterocycles. The van der Waals surface area contributed by atoms with Crippen molar-refractivity contribution in [2.75, 3.05) is 0 Å². The van der Waals surface area contributed by atoms with Gasteiger partial charge in [0.2, 0.25) is 0 Å². The number of aliphatic hydroxyl groups is 1. The van der Waals surface area contributed by atoms with Crippen molar-refractivity contribution >= 4 is 10.1 Å². The first kappa shape index (κ1) is 20.8. The standard InChI is InChI=1S/C11H24O4S.K/c1-3-5-7-9-11(16(13,14)15)10(12)8-6-4-2;/h10-12H,3-9H2,1-2H3,(H,13,14,15);/q;+1/p-1. The van der Waals surface area contributed by atoms with E-state index in [0.717, 1.165) is 25.7 Å². The van der Waals surface area contributed by atoms with Crippen molar-refractivity contribution in [3.8, 4) is 0 Å². The molecule has 0 aromatic carbocycles. The normalized spacial score (nSPS) is 15.1. The van der Waals surface area contributed by atoms with E-state index in [9.17, 15) is 18.1 Å². The van der Waals surface area contributed by atoms with E-state index in [1.165, 1.54) is 0 Å². The maximum atomic E-state index is 11.0. The molecule has 0 amide bonds. The van der Waals surface area contributed by atoms with Crippen molar-refractivity contribution < 1.29 is 69.5 Å². The van der Waals surface area contributed by atoms with Crippen LogP contribution in [-0.4, -0.2) is 29.4 Å². The monoisotopic (exact) mass is 290 g/mol. The van der Waals surface area contributed by atoms with E-state index in [1.54, 1.807) is 0 Å². The summed E-state index contributed by atoms with van der Waals surface area (Å²) in [7, 11) is -4.38. The zero-order chi connectivity index (χ0) is 12.6. The van der Waals surface area contributed by atoms with Crippen LogP contribution in [0.4, 0.5) is 0 Å². The Morgan fingerprint density at radius 3 is 2.00 bits per heavy atom. The second kappa shape index (κ2) is 11.3. The Morgan fingerprint density at radius 1 is 1.06 bits per heavy atom. The van der Waals surface area contributed by atoms with Gasteiger partial charge in [0, 0.05) is 0 Å². The predicted octanol–water partition coefficient (Wildman–Crippen LogP) is -0.964. The molecule has 98 valence electrons. The summed E-state index contributed by atoms with van der Waals surface area (Å²) < 4.78 is 33.0. The second-order valence-corrected chi connectivity index (χ2v) is 5.83. The molecule has 0 fully saturated rings. The van der Waals surface area contributed by atoms with E-state index in [1.807, 2.05) is 13.8 Å². The molecule has 2 unspecified atom stereocenters. The topological polar surface area (TPSA) is 77.4 Å². The molecular weight excluding hydrogens is 267 g/mol. The molecule has 0 spiro atoms. The molecule has 0 rings (SSSR count). The zero-order valence-corrected chi connectivity index (χ0v) is 15.1. The summed E-state index contributed by atoms with van der Waals surface area (Å²) in [6, 6.07) is 0. The van der Waals surface area contributed by atoms with Crippen LogP contribution in [0.5, 0.6) is 0 Å². The van der Waals surface area contributed by atoms with E-state index in [2.05, 4.69) is 0 Å². The average molecular weight is 290 g/mol. The van der Waals surface area contributed by atoms with Crippen LogP contribution in [0.1, 0.15) is 58.8 Å². The van der Waals surface area contributed by atoms with Crippen LogP contribution in [0.15, 0.2) is 0 Å². The fraction of sp³-hybridized carbons (Fsp3) is 1.00. The minimum absolute atomic E-state index is 0. The van der Waals surface area contributed by atoms with Crippen LogP contribution in [-0.2, 0) is 10.1 Å². The molecule has 17 heavy (non-hydrogen) atoms. The maximum absolute atomic E-state index is 11.0. The van der Waals surface area contributed by atoms with Gasteiger partial charge in [0.1, 0.15) is 10.1 Å². The SMILES string of the molecule is CCCCCC(C(O)CCCC)S(=O)(=O)[O-].[K+]. The van der Waals surface area contributed by atoms with Gasteiger partial charge in [-0.25, -0.2) is 8.42 Å². The van der Waals surface area contributed by atoms with Crippen molar-refractivity contribution in [3.63, 3.8) is 0 Å². The summed E-state index contributed by atoms with van der Waals surface area (Å²) in [6.45, 7) is 3.97. The summed E-state index contributed by atoms with van der Waals surface area (Å²) >= 11 is 0. The van der Waals surface area contributed by atoms with Crippen LogP contribution >= 0.6 is 0 Å². The third kappa shape index (κ3) is 10.0. The molecule has 2 atom stereocenters. The number of hydrogen-bond acceptors (Lipinski definition) is 4. The van der Waals surface area contributed by atoms with Crippen molar-refractivity contribution in [2.24, 2.45) is 0 Å². The number of rotatable bonds is 9. The summed E-state index contributed by atoms with van der Waals surface area (Å²) in [4.78, 5) is 0. The minimum atomic E-state index is -4.38. The molecule has 4 nitrogen and oxygen atoms in total. The van der Waals surface area contributed by atoms with E-state index >= 15 is 0 Å². The Hall–Kier alpha value is 1.51. The van der Waals surface area contributed by atoms with Crippen LogP contribution < -0.4 is 51.4 Å². The van der Waals surface area contributed by atoms with Gasteiger partial charge in [-0.3, -0.25) is 0 Å². The van der Waals surface area contributed by atoms with Gasteiger partial charge in [-0.2, -0.15) is 0 Å². The predicted molar refractivity (Wildman–Crippen MR) is 63.2 cm³/mol. The minimum Gasteiger partial charge on any atom is -0.748 e. The molecule has 0 aliphatic carbocycles. The van der Waals surface area contributed by atoms with Gasteiger partial charge in [-0.05, 0) is 12.8 Å². The zero-order valence-electron chi connectivity index (χ0n) is 11.2. The molecule has 0 saturated heterocycles. The molecule has 6 heteroatoms. The van der Waals surface area contributed by atoms with Gasteiger partial charge in [-0.1, -0.05) is 46.0 Å². The molecule has 0 aliphatic rings. The molecular formula is C11H23KO4S. The van der Waals surface area contributed by atoms with Crippen LogP contribution in [0.2, 0.25) is 0 Å². The number of aliphatic hydroxyl groups excluding tert-OH is 1. The smallest absolute Gasteiger partial charge is 0.748 e. The molecule has 0 saturated carbocycles. The maximum Gasteiger partial charge on any atom is 1.00 e. The summed E-state index contributed by atoms with van der Waals surface area (Å²) in [5.41, 5.74) is 0. The fourth-order valence-electron chi connectivity index (χ4n) is 1.72. The van der Waals surface area contributed by atoms with E-state index in [-0.39, 0.29) is 57.8 Å². The number of unbranched alkanes of at least 4 members (excludes halogenated alkanes) is 3. The van der Waals surface area contributed by atoms with Crippen LogP contribution in [0.3, 0.4) is 0 Å². The number of hydrogen-bond donors (Lipinski definition) is 1. The van der Waals surface area contributed by atoms with Gasteiger partial charge >= 0.3 is 51.4 Å². The van der Waals surface area contributed by atoms with Crippen molar-refractivity contribution in [1.29, 1.82) is 0 Å². The van der Waals surface area contributed by atoms with Crippen molar-refractivity contribution in [3.05, 3.63) is 0 Å². The first-order valence-corrected chi connectivity index (χ1v) is 7.53. The van der Waals surface area contributed by atoms with E-state index in [4.69, 9.17) is 0 Å². The van der Waals surface area contributed by atoms with Gasteiger partial charge in [0.15, 0.2) is 0 Å². The Balaban J connectivity index is 0.